The van der Waals surface area contributed by atoms with Gasteiger partial charge in [-0.25, -0.2) is 0 Å². The first kappa shape index (κ1) is 13.8. The van der Waals surface area contributed by atoms with Crippen LogP contribution in [0.25, 0.3) is 0 Å². The number of rotatable bonds is 4. The number of aliphatic carboxylic acids is 1. The number of halogens is 1. The third kappa shape index (κ3) is 3.58. The fraction of sp³-hybridized carbons (Fsp3) is 0.273. The first-order valence-electron chi connectivity index (χ1n) is 4.83. The number of methoxy groups -OCH3 is 1. The Balaban J connectivity index is 2.86. The van der Waals surface area contributed by atoms with E-state index in [1.807, 2.05) is 22.6 Å². The van der Waals surface area contributed by atoms with Gasteiger partial charge in [0.05, 0.1) is 12.7 Å². The van der Waals surface area contributed by atoms with Crippen molar-refractivity contribution in [1.82, 2.24) is 5.32 Å². The van der Waals surface area contributed by atoms with Crippen molar-refractivity contribution in [2.45, 2.75) is 13.0 Å². The zero-order valence-corrected chi connectivity index (χ0v) is 11.5. The molecular weight excluding hydrogens is 337 g/mol. The molecule has 1 atom stereocenters. The Hall–Kier alpha value is -1.31. The number of amides is 1. The van der Waals surface area contributed by atoms with E-state index >= 15 is 0 Å². The molecule has 0 heterocycles. The van der Waals surface area contributed by atoms with Crippen molar-refractivity contribution in [2.24, 2.45) is 0 Å². The number of hydrogen-bond acceptors (Lipinski definition) is 3. The van der Waals surface area contributed by atoms with Crippen LogP contribution in [0.2, 0.25) is 0 Å². The van der Waals surface area contributed by atoms with E-state index < -0.39 is 17.9 Å². The summed E-state index contributed by atoms with van der Waals surface area (Å²) in [6.07, 6.45) is 0. The van der Waals surface area contributed by atoms with Crippen LogP contribution < -0.4 is 10.1 Å². The molecule has 0 aromatic heterocycles. The van der Waals surface area contributed by atoms with Crippen LogP contribution in [0.1, 0.15) is 17.3 Å². The van der Waals surface area contributed by atoms with Gasteiger partial charge >= 0.3 is 5.97 Å². The van der Waals surface area contributed by atoms with Crippen molar-refractivity contribution in [3.63, 3.8) is 0 Å². The second-order valence-corrected chi connectivity index (χ2v) is 4.54. The van der Waals surface area contributed by atoms with Gasteiger partial charge in [-0.15, -0.1) is 0 Å². The lowest BCUT2D eigenvalue weighted by Gasteiger charge is -2.11. The number of benzene rings is 1. The highest BCUT2D eigenvalue weighted by Gasteiger charge is 2.17. The molecule has 0 aliphatic rings. The molecule has 6 heteroatoms. The van der Waals surface area contributed by atoms with Crippen molar-refractivity contribution in [1.29, 1.82) is 0 Å². The monoisotopic (exact) mass is 349 g/mol. The normalized spacial score (nSPS) is 11.7. The van der Waals surface area contributed by atoms with E-state index in [0.29, 0.717) is 14.9 Å². The Kier molecular flexibility index (Phi) is 4.73. The van der Waals surface area contributed by atoms with E-state index in [-0.39, 0.29) is 0 Å². The minimum atomic E-state index is -1.07. The maximum atomic E-state index is 11.8. The Morgan fingerprint density at radius 1 is 1.47 bits per heavy atom. The van der Waals surface area contributed by atoms with Crippen molar-refractivity contribution in [3.05, 3.63) is 27.3 Å². The first-order chi connectivity index (χ1) is 7.95. The summed E-state index contributed by atoms with van der Waals surface area (Å²) in [5.74, 6) is -0.828. The highest BCUT2D eigenvalue weighted by Crippen LogP contribution is 2.19. The molecule has 2 N–H and O–H groups in total. The molecule has 1 amide bonds. The largest absolute Gasteiger partial charge is 0.497 e. The van der Waals surface area contributed by atoms with Gasteiger partial charge in [-0.3, -0.25) is 9.59 Å². The van der Waals surface area contributed by atoms with Crippen LogP contribution in [0.4, 0.5) is 0 Å². The molecule has 1 rings (SSSR count). The summed E-state index contributed by atoms with van der Waals surface area (Å²) in [6, 6.07) is 4.05. The van der Waals surface area contributed by atoms with E-state index in [1.165, 1.54) is 14.0 Å². The quantitative estimate of drug-likeness (QED) is 0.808. The van der Waals surface area contributed by atoms with Crippen LogP contribution in [0.15, 0.2) is 18.2 Å². The van der Waals surface area contributed by atoms with E-state index in [2.05, 4.69) is 5.32 Å². The molecule has 0 aliphatic carbocycles. The number of hydrogen-bond donors (Lipinski definition) is 2. The summed E-state index contributed by atoms with van der Waals surface area (Å²) < 4.78 is 5.72. The molecule has 1 aromatic carbocycles. The third-order valence-electron chi connectivity index (χ3n) is 2.14. The van der Waals surface area contributed by atoms with E-state index in [1.54, 1.807) is 18.2 Å². The van der Waals surface area contributed by atoms with Gasteiger partial charge in [0.1, 0.15) is 11.8 Å². The van der Waals surface area contributed by atoms with Crippen molar-refractivity contribution >= 4 is 34.5 Å². The molecule has 0 unspecified atom stereocenters. The van der Waals surface area contributed by atoms with Gasteiger partial charge in [0.25, 0.3) is 5.91 Å². The van der Waals surface area contributed by atoms with Gasteiger partial charge in [-0.05, 0) is 47.7 Å². The van der Waals surface area contributed by atoms with Gasteiger partial charge in [0.15, 0.2) is 0 Å². The molecule has 17 heavy (non-hydrogen) atoms. The summed E-state index contributed by atoms with van der Waals surface area (Å²) in [5.41, 5.74) is 0.430. The van der Waals surface area contributed by atoms with Crippen LogP contribution in [-0.4, -0.2) is 30.1 Å². The van der Waals surface area contributed by atoms with Gasteiger partial charge in [-0.2, -0.15) is 0 Å². The topological polar surface area (TPSA) is 75.6 Å². The summed E-state index contributed by atoms with van der Waals surface area (Å²) >= 11 is 2.00. The van der Waals surface area contributed by atoms with Crippen LogP contribution in [0.3, 0.4) is 0 Å². The lowest BCUT2D eigenvalue weighted by molar-refractivity contribution is -0.138. The number of carboxylic acids is 1. The fourth-order valence-electron chi connectivity index (χ4n) is 1.14. The Bertz CT molecular complexity index is 447. The highest BCUT2D eigenvalue weighted by molar-refractivity contribution is 14.1. The number of nitrogens with one attached hydrogen (secondary N) is 1. The molecule has 0 bridgehead atoms. The molecule has 0 saturated heterocycles. The SMILES string of the molecule is COc1ccc(C(=O)N[C@@H](C)C(=O)O)c(I)c1. The van der Waals surface area contributed by atoms with E-state index in [4.69, 9.17) is 9.84 Å². The standard InChI is InChI=1S/C11H12INO4/c1-6(11(15)16)13-10(14)8-4-3-7(17-2)5-9(8)12/h3-6H,1-2H3,(H,13,14)(H,15,16)/t6-/m0/s1. The van der Waals surface area contributed by atoms with Crippen LogP contribution in [0.5, 0.6) is 5.75 Å². The number of carbonyl (C=O) groups is 2. The second kappa shape index (κ2) is 5.85. The van der Waals surface area contributed by atoms with Gasteiger partial charge in [-0.1, -0.05) is 0 Å². The van der Waals surface area contributed by atoms with Crippen LogP contribution >= 0.6 is 22.6 Å². The molecule has 0 radical (unpaired) electrons. The molecular formula is C11H12INO4. The summed E-state index contributed by atoms with van der Waals surface area (Å²) in [7, 11) is 1.54. The highest BCUT2D eigenvalue weighted by atomic mass is 127. The van der Waals surface area contributed by atoms with E-state index in [0.717, 1.165) is 0 Å². The number of carbonyl (C=O) groups excluding carboxylic acids is 1. The molecule has 0 saturated carbocycles. The zero-order chi connectivity index (χ0) is 13.0. The predicted molar refractivity (Wildman–Crippen MR) is 70.3 cm³/mol. The minimum absolute atomic E-state index is 0.410. The van der Waals surface area contributed by atoms with Crippen LogP contribution in [-0.2, 0) is 4.79 Å². The molecule has 1 aromatic rings. The molecule has 0 fully saturated rings. The summed E-state index contributed by atoms with van der Waals surface area (Å²) in [6.45, 7) is 1.41. The average Bonchev–Trinajstić information content (AvgIpc) is 2.28. The van der Waals surface area contributed by atoms with Crippen LogP contribution in [0, 0.1) is 3.57 Å². The predicted octanol–water partition coefficient (Wildman–Crippen LogP) is 1.50. The molecule has 0 spiro atoms. The first-order valence-corrected chi connectivity index (χ1v) is 5.90. The average molecular weight is 349 g/mol. The Morgan fingerprint density at radius 3 is 2.59 bits per heavy atom. The van der Waals surface area contributed by atoms with Crippen molar-refractivity contribution in [3.8, 4) is 5.75 Å². The Labute approximate surface area is 112 Å². The zero-order valence-electron chi connectivity index (χ0n) is 9.36. The van der Waals surface area contributed by atoms with E-state index in [9.17, 15) is 9.59 Å². The lowest BCUT2D eigenvalue weighted by Crippen LogP contribution is -2.38. The van der Waals surface area contributed by atoms with Crippen molar-refractivity contribution in [2.75, 3.05) is 7.11 Å². The number of ether oxygens (including phenoxy) is 1. The lowest BCUT2D eigenvalue weighted by atomic mass is 10.2. The second-order valence-electron chi connectivity index (χ2n) is 3.38. The Morgan fingerprint density at radius 2 is 2.12 bits per heavy atom. The molecule has 5 nitrogen and oxygen atoms in total. The third-order valence-corrected chi connectivity index (χ3v) is 3.03. The summed E-state index contributed by atoms with van der Waals surface area (Å²) in [5, 5.41) is 11.1. The summed E-state index contributed by atoms with van der Waals surface area (Å²) in [4.78, 5) is 22.4. The van der Waals surface area contributed by atoms with Gasteiger partial charge < -0.3 is 15.2 Å². The van der Waals surface area contributed by atoms with Gasteiger partial charge in [0, 0.05) is 3.57 Å². The van der Waals surface area contributed by atoms with Gasteiger partial charge in [0.2, 0.25) is 0 Å². The maximum absolute atomic E-state index is 11.8. The smallest absolute Gasteiger partial charge is 0.325 e. The molecule has 0 aliphatic heterocycles. The maximum Gasteiger partial charge on any atom is 0.325 e. The minimum Gasteiger partial charge on any atom is -0.497 e. The number of carboxylic acid groups (broad SMARTS) is 1. The fourth-order valence-corrected chi connectivity index (χ4v) is 1.87. The van der Waals surface area contributed by atoms with Crippen molar-refractivity contribution < 1.29 is 19.4 Å². The molecule has 92 valence electrons.